The Kier molecular flexibility index (Phi) is 6.54. The van der Waals surface area contributed by atoms with Crippen LogP contribution in [0.4, 0.5) is 14.5 Å². The predicted molar refractivity (Wildman–Crippen MR) is 96.7 cm³/mol. The van der Waals surface area contributed by atoms with E-state index in [9.17, 15) is 18.4 Å². The molecule has 0 bridgehead atoms. The monoisotopic (exact) mass is 399 g/mol. The van der Waals surface area contributed by atoms with E-state index in [-0.39, 0.29) is 16.6 Å². The molecule has 9 heteroatoms. The topological polar surface area (TPSA) is 73.2 Å². The van der Waals surface area contributed by atoms with Crippen LogP contribution in [0, 0.1) is 24.5 Å². The Balaban J connectivity index is 2.11. The standard InChI is InChI=1S/C18H20ClF2N3O3/c1-9(2)8-24-16(19)14(10(3)23-24)18(26)27-11(4)17(25)22-15-12(20)6-5-7-13(15)21/h5-7,9,11H,8H2,1-4H3,(H,22,25)/t11-/m0/s1. The average Bonchev–Trinajstić information content (AvgIpc) is 2.83. The van der Waals surface area contributed by atoms with E-state index in [4.69, 9.17) is 16.3 Å². The molecule has 1 amide bonds. The van der Waals surface area contributed by atoms with Crippen molar-refractivity contribution >= 4 is 29.2 Å². The van der Waals surface area contributed by atoms with Gasteiger partial charge in [-0.25, -0.2) is 13.6 Å². The minimum Gasteiger partial charge on any atom is -0.449 e. The lowest BCUT2D eigenvalue weighted by Gasteiger charge is -2.14. The number of benzene rings is 1. The summed E-state index contributed by atoms with van der Waals surface area (Å²) in [6.07, 6.45) is -1.31. The molecule has 1 aromatic carbocycles. The number of carbonyl (C=O) groups excluding carboxylic acids is 2. The Bertz CT molecular complexity index is 848. The number of esters is 1. The van der Waals surface area contributed by atoms with Crippen LogP contribution in [0.15, 0.2) is 18.2 Å². The number of nitrogens with one attached hydrogen (secondary N) is 1. The summed E-state index contributed by atoms with van der Waals surface area (Å²) in [6.45, 7) is 7.33. The number of hydrogen-bond acceptors (Lipinski definition) is 4. The normalized spacial score (nSPS) is 12.1. The number of ether oxygens (including phenoxy) is 1. The maximum absolute atomic E-state index is 13.6. The summed E-state index contributed by atoms with van der Waals surface area (Å²) in [4.78, 5) is 24.5. The van der Waals surface area contributed by atoms with Crippen LogP contribution in [-0.2, 0) is 16.1 Å². The fourth-order valence-corrected chi connectivity index (χ4v) is 2.69. The second-order valence-electron chi connectivity index (χ2n) is 6.46. The zero-order valence-electron chi connectivity index (χ0n) is 15.3. The summed E-state index contributed by atoms with van der Waals surface area (Å²) in [5, 5.41) is 6.38. The quantitative estimate of drug-likeness (QED) is 0.746. The van der Waals surface area contributed by atoms with Crippen molar-refractivity contribution in [1.82, 2.24) is 9.78 Å². The van der Waals surface area contributed by atoms with Gasteiger partial charge in [0.2, 0.25) is 0 Å². The molecule has 0 unspecified atom stereocenters. The van der Waals surface area contributed by atoms with Gasteiger partial charge in [0.15, 0.2) is 6.10 Å². The molecule has 1 aromatic heterocycles. The molecular formula is C18H20ClF2N3O3. The number of para-hydroxylation sites is 1. The minimum atomic E-state index is -1.31. The summed E-state index contributed by atoms with van der Waals surface area (Å²) < 4.78 is 33.8. The first kappa shape index (κ1) is 20.8. The molecule has 0 aliphatic heterocycles. The smallest absolute Gasteiger partial charge is 0.343 e. The molecular weight excluding hydrogens is 380 g/mol. The Morgan fingerprint density at radius 3 is 2.41 bits per heavy atom. The zero-order valence-corrected chi connectivity index (χ0v) is 16.1. The van der Waals surface area contributed by atoms with Crippen molar-refractivity contribution < 1.29 is 23.1 Å². The van der Waals surface area contributed by atoms with E-state index in [0.717, 1.165) is 12.1 Å². The van der Waals surface area contributed by atoms with Crippen LogP contribution in [0.3, 0.4) is 0 Å². The molecule has 0 radical (unpaired) electrons. The summed E-state index contributed by atoms with van der Waals surface area (Å²) >= 11 is 6.20. The molecule has 2 aromatic rings. The predicted octanol–water partition coefficient (Wildman–Crippen LogP) is 3.96. The fraction of sp³-hybridized carbons (Fsp3) is 0.389. The van der Waals surface area contributed by atoms with Gasteiger partial charge in [-0.3, -0.25) is 9.48 Å². The highest BCUT2D eigenvalue weighted by molar-refractivity contribution is 6.32. The van der Waals surface area contributed by atoms with Crippen molar-refractivity contribution in [2.24, 2.45) is 5.92 Å². The van der Waals surface area contributed by atoms with Crippen molar-refractivity contribution in [2.75, 3.05) is 5.32 Å². The third-order valence-corrected chi connectivity index (χ3v) is 4.06. The van der Waals surface area contributed by atoms with E-state index < -0.39 is 35.3 Å². The van der Waals surface area contributed by atoms with Gasteiger partial charge in [-0.1, -0.05) is 31.5 Å². The van der Waals surface area contributed by atoms with Crippen molar-refractivity contribution in [3.05, 3.63) is 46.2 Å². The highest BCUT2D eigenvalue weighted by Crippen LogP contribution is 2.23. The maximum atomic E-state index is 13.6. The molecule has 0 aliphatic carbocycles. The SMILES string of the molecule is Cc1nn(CC(C)C)c(Cl)c1C(=O)O[C@@H](C)C(=O)Nc1c(F)cccc1F. The number of amides is 1. The lowest BCUT2D eigenvalue weighted by atomic mass is 10.2. The summed E-state index contributed by atoms with van der Waals surface area (Å²) in [5.41, 5.74) is -0.197. The van der Waals surface area contributed by atoms with E-state index in [1.807, 2.05) is 13.8 Å². The molecule has 1 N–H and O–H groups in total. The second kappa shape index (κ2) is 8.47. The fourth-order valence-electron chi connectivity index (χ4n) is 2.37. The number of halogens is 3. The summed E-state index contributed by atoms with van der Waals surface area (Å²) in [7, 11) is 0. The lowest BCUT2D eigenvalue weighted by molar-refractivity contribution is -0.123. The lowest BCUT2D eigenvalue weighted by Crippen LogP contribution is -2.30. The van der Waals surface area contributed by atoms with Crippen molar-refractivity contribution in [2.45, 2.75) is 40.3 Å². The molecule has 1 heterocycles. The van der Waals surface area contributed by atoms with Gasteiger partial charge in [-0.2, -0.15) is 5.10 Å². The molecule has 1 atom stereocenters. The van der Waals surface area contributed by atoms with E-state index in [1.165, 1.54) is 17.7 Å². The number of nitrogens with zero attached hydrogens (tertiary/aromatic N) is 2. The van der Waals surface area contributed by atoms with E-state index in [0.29, 0.717) is 12.2 Å². The van der Waals surface area contributed by atoms with Crippen LogP contribution in [0.25, 0.3) is 0 Å². The van der Waals surface area contributed by atoms with Crippen molar-refractivity contribution in [3.8, 4) is 0 Å². The van der Waals surface area contributed by atoms with Crippen LogP contribution >= 0.6 is 11.6 Å². The highest BCUT2D eigenvalue weighted by atomic mass is 35.5. The third-order valence-electron chi connectivity index (χ3n) is 3.67. The number of hydrogen-bond donors (Lipinski definition) is 1. The Morgan fingerprint density at radius 1 is 1.26 bits per heavy atom. The zero-order chi connectivity index (χ0) is 20.3. The minimum absolute atomic E-state index is 0.0500. The van der Waals surface area contributed by atoms with Crippen molar-refractivity contribution in [1.29, 1.82) is 0 Å². The number of aryl methyl sites for hydroxylation is 1. The molecule has 0 spiro atoms. The maximum Gasteiger partial charge on any atom is 0.343 e. The summed E-state index contributed by atoms with van der Waals surface area (Å²) in [5.74, 6) is -3.34. The number of aromatic nitrogens is 2. The van der Waals surface area contributed by atoms with Gasteiger partial charge in [0.05, 0.1) is 5.69 Å². The number of anilines is 1. The van der Waals surface area contributed by atoms with Gasteiger partial charge in [-0.15, -0.1) is 0 Å². The largest absolute Gasteiger partial charge is 0.449 e. The summed E-state index contributed by atoms with van der Waals surface area (Å²) in [6, 6.07) is 3.17. The van der Waals surface area contributed by atoms with E-state index >= 15 is 0 Å². The number of rotatable bonds is 6. The Hall–Kier alpha value is -2.48. The first-order valence-electron chi connectivity index (χ1n) is 8.30. The molecule has 146 valence electrons. The molecule has 27 heavy (non-hydrogen) atoms. The van der Waals surface area contributed by atoms with Crippen LogP contribution in [0.2, 0.25) is 5.15 Å². The van der Waals surface area contributed by atoms with Gasteiger partial charge in [0.25, 0.3) is 5.91 Å². The molecule has 6 nitrogen and oxygen atoms in total. The van der Waals surface area contributed by atoms with E-state index in [1.54, 1.807) is 6.92 Å². The Morgan fingerprint density at radius 2 is 1.85 bits per heavy atom. The first-order chi connectivity index (χ1) is 12.6. The first-order valence-corrected chi connectivity index (χ1v) is 8.68. The second-order valence-corrected chi connectivity index (χ2v) is 6.82. The van der Waals surface area contributed by atoms with Gasteiger partial charge in [-0.05, 0) is 31.9 Å². The van der Waals surface area contributed by atoms with Crippen molar-refractivity contribution in [3.63, 3.8) is 0 Å². The van der Waals surface area contributed by atoms with Gasteiger partial charge in [0.1, 0.15) is 28.0 Å². The van der Waals surface area contributed by atoms with Gasteiger partial charge >= 0.3 is 5.97 Å². The highest BCUT2D eigenvalue weighted by Gasteiger charge is 2.26. The van der Waals surface area contributed by atoms with Crippen LogP contribution in [-0.4, -0.2) is 27.8 Å². The third kappa shape index (κ3) is 4.82. The molecule has 0 fully saturated rings. The molecule has 0 saturated heterocycles. The van der Waals surface area contributed by atoms with Crippen LogP contribution in [0.1, 0.15) is 36.8 Å². The van der Waals surface area contributed by atoms with Crippen LogP contribution in [0.5, 0.6) is 0 Å². The molecule has 0 aliphatic rings. The van der Waals surface area contributed by atoms with Gasteiger partial charge in [0, 0.05) is 6.54 Å². The molecule has 0 saturated carbocycles. The van der Waals surface area contributed by atoms with E-state index in [2.05, 4.69) is 10.4 Å². The molecule has 2 rings (SSSR count). The van der Waals surface area contributed by atoms with Crippen LogP contribution < -0.4 is 5.32 Å². The number of carbonyl (C=O) groups is 2. The van der Waals surface area contributed by atoms with Gasteiger partial charge < -0.3 is 10.1 Å². The average molecular weight is 400 g/mol. The Labute approximate surface area is 160 Å².